The van der Waals surface area contributed by atoms with Crippen LogP contribution in [0.2, 0.25) is 0 Å². The molecule has 0 radical (unpaired) electrons. The molecule has 0 aliphatic carbocycles. The molecule has 2 nitrogen and oxygen atoms in total. The molecule has 1 N–H and O–H groups in total. The van der Waals surface area contributed by atoms with Gasteiger partial charge in [0.2, 0.25) is 0 Å². The van der Waals surface area contributed by atoms with Crippen molar-refractivity contribution >= 4 is 5.91 Å². The number of rotatable bonds is 4. The number of hydrogen-bond acceptors (Lipinski definition) is 1. The molecule has 100 valence electrons. The number of carbonyl (C=O) groups is 1. The van der Waals surface area contributed by atoms with E-state index >= 15 is 0 Å². The molecule has 1 aromatic carbocycles. The number of hydrogen-bond donors (Lipinski definition) is 1. The van der Waals surface area contributed by atoms with Gasteiger partial charge in [-0.2, -0.15) is 13.2 Å². The van der Waals surface area contributed by atoms with Crippen LogP contribution >= 0.6 is 0 Å². The number of carbonyl (C=O) groups excluding carboxylic acids is 1. The first-order valence-corrected chi connectivity index (χ1v) is 5.82. The molecule has 0 saturated heterocycles. The summed E-state index contributed by atoms with van der Waals surface area (Å²) < 4.78 is 37.0. The van der Waals surface area contributed by atoms with Crippen molar-refractivity contribution in [1.82, 2.24) is 5.32 Å². The zero-order chi connectivity index (χ0) is 13.8. The summed E-state index contributed by atoms with van der Waals surface area (Å²) >= 11 is 0. The van der Waals surface area contributed by atoms with Crippen LogP contribution in [0.25, 0.3) is 0 Å². The zero-order valence-electron chi connectivity index (χ0n) is 10.3. The number of amides is 1. The lowest BCUT2D eigenvalue weighted by atomic mass is 10.1. The van der Waals surface area contributed by atoms with Gasteiger partial charge in [-0.25, -0.2) is 0 Å². The Labute approximate surface area is 104 Å². The lowest BCUT2D eigenvalue weighted by molar-refractivity contribution is -0.137. The monoisotopic (exact) mass is 259 g/mol. The Bertz CT molecular complexity index is 398. The summed E-state index contributed by atoms with van der Waals surface area (Å²) in [4.78, 5) is 11.7. The van der Waals surface area contributed by atoms with E-state index in [1.807, 2.05) is 13.8 Å². The Hall–Kier alpha value is -1.52. The second-order valence-corrected chi connectivity index (χ2v) is 4.24. The highest BCUT2D eigenvalue weighted by molar-refractivity contribution is 5.94. The lowest BCUT2D eigenvalue weighted by Crippen LogP contribution is -2.32. The summed E-state index contributed by atoms with van der Waals surface area (Å²) in [6.07, 6.45) is -2.59. The molecular weight excluding hydrogens is 243 g/mol. The van der Waals surface area contributed by atoms with Gasteiger partial charge in [0.1, 0.15) is 0 Å². The summed E-state index contributed by atoms with van der Waals surface area (Å²) in [5.41, 5.74) is -0.508. The predicted molar refractivity (Wildman–Crippen MR) is 63.3 cm³/mol. The van der Waals surface area contributed by atoms with Crippen molar-refractivity contribution < 1.29 is 18.0 Å². The van der Waals surface area contributed by atoms with Gasteiger partial charge in [-0.05, 0) is 37.6 Å². The fourth-order valence-corrected chi connectivity index (χ4v) is 1.62. The van der Waals surface area contributed by atoms with Crippen molar-refractivity contribution in [1.29, 1.82) is 0 Å². The predicted octanol–water partition coefficient (Wildman–Crippen LogP) is 3.62. The molecular formula is C13H16F3NO. The SMILES string of the molecule is CCC[C@H](C)NC(=O)c1ccc(C(F)(F)F)cc1. The second kappa shape index (κ2) is 5.89. The van der Waals surface area contributed by atoms with E-state index in [0.29, 0.717) is 0 Å². The molecule has 1 rings (SSSR count). The molecule has 0 aliphatic heterocycles. The Balaban J connectivity index is 2.71. The maximum Gasteiger partial charge on any atom is 0.416 e. The van der Waals surface area contributed by atoms with Crippen LogP contribution in [0, 0.1) is 0 Å². The van der Waals surface area contributed by atoms with E-state index in [2.05, 4.69) is 5.32 Å². The van der Waals surface area contributed by atoms with Crippen molar-refractivity contribution in [2.75, 3.05) is 0 Å². The minimum absolute atomic E-state index is 0.0183. The fraction of sp³-hybridized carbons (Fsp3) is 0.462. The Morgan fingerprint density at radius 3 is 2.28 bits per heavy atom. The highest BCUT2D eigenvalue weighted by atomic mass is 19.4. The molecule has 0 aliphatic rings. The van der Waals surface area contributed by atoms with Crippen LogP contribution in [0.4, 0.5) is 13.2 Å². The zero-order valence-corrected chi connectivity index (χ0v) is 10.3. The number of alkyl halides is 3. The Morgan fingerprint density at radius 2 is 1.83 bits per heavy atom. The van der Waals surface area contributed by atoms with Crippen LogP contribution in [0.5, 0.6) is 0 Å². The molecule has 1 aromatic rings. The maximum atomic E-state index is 12.3. The van der Waals surface area contributed by atoms with E-state index in [1.165, 1.54) is 12.1 Å². The molecule has 1 atom stereocenters. The van der Waals surface area contributed by atoms with Crippen molar-refractivity contribution in [3.8, 4) is 0 Å². The van der Waals surface area contributed by atoms with Crippen LogP contribution in [-0.2, 0) is 6.18 Å². The highest BCUT2D eigenvalue weighted by Gasteiger charge is 2.30. The molecule has 0 bridgehead atoms. The van der Waals surface area contributed by atoms with Gasteiger partial charge in [0, 0.05) is 11.6 Å². The van der Waals surface area contributed by atoms with Gasteiger partial charge in [0.15, 0.2) is 0 Å². The first-order valence-electron chi connectivity index (χ1n) is 5.82. The van der Waals surface area contributed by atoms with Crippen molar-refractivity contribution in [3.05, 3.63) is 35.4 Å². The maximum absolute atomic E-state index is 12.3. The molecule has 0 aromatic heterocycles. The van der Waals surface area contributed by atoms with E-state index in [-0.39, 0.29) is 17.5 Å². The van der Waals surface area contributed by atoms with Gasteiger partial charge in [0.25, 0.3) is 5.91 Å². The first kappa shape index (κ1) is 14.5. The third-order valence-electron chi connectivity index (χ3n) is 2.57. The molecule has 0 spiro atoms. The Kier molecular flexibility index (Phi) is 4.76. The van der Waals surface area contributed by atoms with Crippen LogP contribution in [0.1, 0.15) is 42.6 Å². The molecule has 18 heavy (non-hydrogen) atoms. The minimum atomic E-state index is -4.37. The van der Waals surface area contributed by atoms with Gasteiger partial charge in [-0.15, -0.1) is 0 Å². The highest BCUT2D eigenvalue weighted by Crippen LogP contribution is 2.29. The van der Waals surface area contributed by atoms with E-state index in [1.54, 1.807) is 0 Å². The molecule has 5 heteroatoms. The van der Waals surface area contributed by atoms with Gasteiger partial charge in [-0.1, -0.05) is 13.3 Å². The third-order valence-corrected chi connectivity index (χ3v) is 2.57. The first-order chi connectivity index (χ1) is 8.34. The van der Waals surface area contributed by atoms with E-state index in [0.717, 1.165) is 25.0 Å². The second-order valence-electron chi connectivity index (χ2n) is 4.24. The van der Waals surface area contributed by atoms with Gasteiger partial charge < -0.3 is 5.32 Å². The average molecular weight is 259 g/mol. The quantitative estimate of drug-likeness (QED) is 0.879. The third kappa shape index (κ3) is 4.05. The molecule has 0 saturated carbocycles. The minimum Gasteiger partial charge on any atom is -0.350 e. The smallest absolute Gasteiger partial charge is 0.350 e. The average Bonchev–Trinajstić information content (AvgIpc) is 2.28. The van der Waals surface area contributed by atoms with Crippen LogP contribution in [0.3, 0.4) is 0 Å². The summed E-state index contributed by atoms with van der Waals surface area (Å²) in [7, 11) is 0. The van der Waals surface area contributed by atoms with Crippen LogP contribution in [0.15, 0.2) is 24.3 Å². The van der Waals surface area contributed by atoms with Gasteiger partial charge in [0.05, 0.1) is 5.56 Å². The van der Waals surface area contributed by atoms with Crippen molar-refractivity contribution in [3.63, 3.8) is 0 Å². The number of halogens is 3. The number of benzene rings is 1. The van der Waals surface area contributed by atoms with E-state index < -0.39 is 11.7 Å². The Morgan fingerprint density at radius 1 is 1.28 bits per heavy atom. The van der Waals surface area contributed by atoms with E-state index in [4.69, 9.17) is 0 Å². The fourth-order valence-electron chi connectivity index (χ4n) is 1.62. The standard InChI is InChI=1S/C13H16F3NO/c1-3-4-9(2)17-12(18)10-5-7-11(8-6-10)13(14,15)16/h5-9H,3-4H2,1-2H3,(H,17,18)/t9-/m0/s1. The van der Waals surface area contributed by atoms with Crippen LogP contribution < -0.4 is 5.32 Å². The molecule has 1 amide bonds. The lowest BCUT2D eigenvalue weighted by Gasteiger charge is -2.13. The van der Waals surface area contributed by atoms with Crippen LogP contribution in [-0.4, -0.2) is 11.9 Å². The molecule has 0 heterocycles. The largest absolute Gasteiger partial charge is 0.416 e. The summed E-state index contributed by atoms with van der Waals surface area (Å²) in [6.45, 7) is 3.87. The summed E-state index contributed by atoms with van der Waals surface area (Å²) in [6, 6.07) is 4.23. The normalized spacial score (nSPS) is 13.2. The van der Waals surface area contributed by atoms with Crippen molar-refractivity contribution in [2.45, 2.75) is 38.9 Å². The molecule has 0 fully saturated rings. The number of nitrogens with one attached hydrogen (secondary N) is 1. The summed E-state index contributed by atoms with van der Waals surface area (Å²) in [5.74, 6) is -0.343. The van der Waals surface area contributed by atoms with Crippen molar-refractivity contribution in [2.24, 2.45) is 0 Å². The van der Waals surface area contributed by atoms with Gasteiger partial charge in [-0.3, -0.25) is 4.79 Å². The topological polar surface area (TPSA) is 29.1 Å². The van der Waals surface area contributed by atoms with Gasteiger partial charge >= 0.3 is 6.18 Å². The van der Waals surface area contributed by atoms with E-state index in [9.17, 15) is 18.0 Å². The summed E-state index contributed by atoms with van der Waals surface area (Å²) in [5, 5.41) is 2.74. The molecule has 0 unspecified atom stereocenters.